The van der Waals surface area contributed by atoms with E-state index in [1.807, 2.05) is 34.0 Å². The molecular formula is C28H26BrF2N5O. The maximum atomic E-state index is 13.8. The first-order valence-corrected chi connectivity index (χ1v) is 13.7. The summed E-state index contributed by atoms with van der Waals surface area (Å²) in [5.74, 6) is -0.799. The average Bonchev–Trinajstić information content (AvgIpc) is 3.59. The molecule has 4 aromatic rings. The molecule has 0 N–H and O–H groups in total. The lowest BCUT2D eigenvalue weighted by atomic mass is 9.69. The first kappa shape index (κ1) is 23.1. The van der Waals surface area contributed by atoms with Crippen LogP contribution in [-0.4, -0.2) is 39.0 Å². The summed E-state index contributed by atoms with van der Waals surface area (Å²) < 4.78 is 36.2. The van der Waals surface area contributed by atoms with Crippen LogP contribution < -0.4 is 4.90 Å². The number of hydrogen-bond acceptors (Lipinski definition) is 5. The highest BCUT2D eigenvalue weighted by molar-refractivity contribution is 9.10. The standard InChI is InChI=1S/C28H26BrF2N5O/c29-20-5-6-25(22(15-20)21-13-17-1-3-18(21)4-2-17)36-16-24(33-34-36)23-14-19-7-12-37-26(19)27(32-23)35-10-8-28(30,31)9-11-35/h5-7,12-18H,1-4,8-11H2. The van der Waals surface area contributed by atoms with Crippen LogP contribution in [0.2, 0.25) is 0 Å². The van der Waals surface area contributed by atoms with Crippen LogP contribution in [0, 0.1) is 11.8 Å². The zero-order valence-electron chi connectivity index (χ0n) is 20.2. The quantitative estimate of drug-likeness (QED) is 0.260. The normalized spacial score (nSPS) is 23.0. The van der Waals surface area contributed by atoms with Crippen molar-refractivity contribution in [3.05, 3.63) is 58.9 Å². The van der Waals surface area contributed by atoms with Crippen molar-refractivity contribution < 1.29 is 13.2 Å². The van der Waals surface area contributed by atoms with E-state index < -0.39 is 5.92 Å². The molecule has 9 heteroatoms. The number of piperidine rings is 1. The topological polar surface area (TPSA) is 60.0 Å². The lowest BCUT2D eigenvalue weighted by Gasteiger charge is -2.36. The first-order valence-electron chi connectivity index (χ1n) is 12.9. The molecule has 3 aliphatic carbocycles. The summed E-state index contributed by atoms with van der Waals surface area (Å²) >= 11 is 3.66. The van der Waals surface area contributed by atoms with Crippen molar-refractivity contribution >= 4 is 38.3 Å². The van der Waals surface area contributed by atoms with Gasteiger partial charge in [0.2, 0.25) is 0 Å². The van der Waals surface area contributed by atoms with Gasteiger partial charge in [-0.15, -0.1) is 5.10 Å². The van der Waals surface area contributed by atoms with Gasteiger partial charge in [0.1, 0.15) is 5.69 Å². The number of furan rings is 1. The van der Waals surface area contributed by atoms with Gasteiger partial charge in [0.15, 0.2) is 11.4 Å². The van der Waals surface area contributed by atoms with E-state index in [1.54, 1.807) is 6.26 Å². The Labute approximate surface area is 221 Å². The van der Waals surface area contributed by atoms with Crippen LogP contribution in [-0.2, 0) is 0 Å². The van der Waals surface area contributed by atoms with Crippen LogP contribution in [0.15, 0.2) is 57.8 Å². The molecule has 0 spiro atoms. The molecule has 0 amide bonds. The largest absolute Gasteiger partial charge is 0.460 e. The van der Waals surface area contributed by atoms with Crippen molar-refractivity contribution in [1.82, 2.24) is 20.0 Å². The van der Waals surface area contributed by atoms with Crippen molar-refractivity contribution in [2.45, 2.75) is 44.4 Å². The third-order valence-corrected chi connectivity index (χ3v) is 8.60. The third kappa shape index (κ3) is 4.17. The Hall–Kier alpha value is -3.07. The maximum absolute atomic E-state index is 13.8. The molecule has 6 nitrogen and oxygen atoms in total. The third-order valence-electron chi connectivity index (χ3n) is 8.11. The molecule has 4 aliphatic rings. The van der Waals surface area contributed by atoms with E-state index in [-0.39, 0.29) is 25.9 Å². The number of nitrogens with zero attached hydrogens (tertiary/aromatic N) is 5. The summed E-state index contributed by atoms with van der Waals surface area (Å²) in [6, 6.07) is 10.1. The van der Waals surface area contributed by atoms with Crippen LogP contribution in [0.3, 0.4) is 0 Å². The van der Waals surface area contributed by atoms with Gasteiger partial charge in [-0.05, 0) is 73.4 Å². The molecule has 2 fully saturated rings. The minimum absolute atomic E-state index is 0.193. The van der Waals surface area contributed by atoms with E-state index in [9.17, 15) is 8.78 Å². The zero-order chi connectivity index (χ0) is 25.1. The summed E-state index contributed by atoms with van der Waals surface area (Å²) in [4.78, 5) is 6.72. The summed E-state index contributed by atoms with van der Waals surface area (Å²) in [5, 5.41) is 9.82. The van der Waals surface area contributed by atoms with E-state index in [0.717, 1.165) is 15.5 Å². The van der Waals surface area contributed by atoms with E-state index in [4.69, 9.17) is 9.40 Å². The molecule has 1 saturated heterocycles. The Morgan fingerprint density at radius 2 is 1.81 bits per heavy atom. The molecule has 4 heterocycles. The second-order valence-corrected chi connectivity index (χ2v) is 11.4. The number of aromatic nitrogens is 4. The molecule has 1 aliphatic heterocycles. The second kappa shape index (κ2) is 8.75. The van der Waals surface area contributed by atoms with Crippen molar-refractivity contribution in [2.75, 3.05) is 18.0 Å². The molecule has 3 aromatic heterocycles. The molecule has 1 saturated carbocycles. The number of hydrogen-bond donors (Lipinski definition) is 0. The highest BCUT2D eigenvalue weighted by atomic mass is 79.9. The SMILES string of the molecule is FC1(F)CCN(c2nc(-c3cn(-c4ccc(Br)cc4C4=CC5CCC4CC5)nn3)cc3ccoc23)CC1. The molecule has 190 valence electrons. The Bertz CT molecular complexity index is 1510. The Kier molecular flexibility index (Phi) is 5.46. The fourth-order valence-electron chi connectivity index (χ4n) is 6.08. The van der Waals surface area contributed by atoms with Crippen LogP contribution in [0.4, 0.5) is 14.6 Å². The highest BCUT2D eigenvalue weighted by Crippen LogP contribution is 2.46. The molecule has 0 unspecified atom stereocenters. The van der Waals surface area contributed by atoms with Crippen LogP contribution in [0.5, 0.6) is 0 Å². The van der Waals surface area contributed by atoms with Gasteiger partial charge in [-0.2, -0.15) is 0 Å². The van der Waals surface area contributed by atoms with Crippen molar-refractivity contribution in [3.63, 3.8) is 0 Å². The predicted molar refractivity (Wildman–Crippen MR) is 142 cm³/mol. The van der Waals surface area contributed by atoms with Gasteiger partial charge in [0.25, 0.3) is 5.92 Å². The highest BCUT2D eigenvalue weighted by Gasteiger charge is 2.35. The molecule has 2 bridgehead atoms. The smallest absolute Gasteiger partial charge is 0.251 e. The van der Waals surface area contributed by atoms with E-state index in [2.05, 4.69) is 44.5 Å². The second-order valence-electron chi connectivity index (χ2n) is 10.5. The minimum Gasteiger partial charge on any atom is -0.460 e. The monoisotopic (exact) mass is 565 g/mol. The van der Waals surface area contributed by atoms with E-state index in [0.29, 0.717) is 34.6 Å². The van der Waals surface area contributed by atoms with Gasteiger partial charge in [-0.25, -0.2) is 18.4 Å². The van der Waals surface area contributed by atoms with Gasteiger partial charge in [-0.3, -0.25) is 0 Å². The van der Waals surface area contributed by atoms with Crippen molar-refractivity contribution in [2.24, 2.45) is 11.8 Å². The minimum atomic E-state index is -2.63. The van der Waals surface area contributed by atoms with Crippen LogP contribution in [0.25, 0.3) is 33.6 Å². The van der Waals surface area contributed by atoms with Gasteiger partial charge >= 0.3 is 0 Å². The Morgan fingerprint density at radius 3 is 2.57 bits per heavy atom. The number of pyridine rings is 1. The lowest BCUT2D eigenvalue weighted by molar-refractivity contribution is -0.0221. The van der Waals surface area contributed by atoms with Crippen LogP contribution >= 0.6 is 15.9 Å². The number of fused-ring (bicyclic) bond motifs is 3. The fraction of sp³-hybridized carbons (Fsp3) is 0.393. The Balaban J connectivity index is 1.27. The van der Waals surface area contributed by atoms with Gasteiger partial charge in [-0.1, -0.05) is 27.2 Å². The molecule has 37 heavy (non-hydrogen) atoms. The number of alkyl halides is 2. The molecule has 0 radical (unpaired) electrons. The summed E-state index contributed by atoms with van der Waals surface area (Å²) in [7, 11) is 0. The summed E-state index contributed by atoms with van der Waals surface area (Å²) in [6.07, 6.45) is 10.6. The van der Waals surface area contributed by atoms with E-state index in [1.165, 1.54) is 36.8 Å². The first-order chi connectivity index (χ1) is 17.9. The number of allylic oxidation sites excluding steroid dienone is 2. The average molecular weight is 566 g/mol. The number of halogens is 3. The number of rotatable bonds is 4. The molecular weight excluding hydrogens is 540 g/mol. The van der Waals surface area contributed by atoms with Crippen LogP contribution in [0.1, 0.15) is 44.1 Å². The number of benzene rings is 1. The molecule has 1 aromatic carbocycles. The van der Waals surface area contributed by atoms with Crippen molar-refractivity contribution in [3.8, 4) is 17.1 Å². The zero-order valence-corrected chi connectivity index (χ0v) is 21.8. The Morgan fingerprint density at radius 1 is 1.00 bits per heavy atom. The van der Waals surface area contributed by atoms with E-state index >= 15 is 0 Å². The van der Waals surface area contributed by atoms with Gasteiger partial charge in [0.05, 0.1) is 23.8 Å². The lowest BCUT2D eigenvalue weighted by Crippen LogP contribution is -2.39. The molecule has 8 rings (SSSR count). The fourth-order valence-corrected chi connectivity index (χ4v) is 6.45. The maximum Gasteiger partial charge on any atom is 0.251 e. The van der Waals surface area contributed by atoms with Gasteiger partial charge < -0.3 is 9.32 Å². The van der Waals surface area contributed by atoms with Crippen molar-refractivity contribution in [1.29, 1.82) is 0 Å². The van der Waals surface area contributed by atoms with Gasteiger partial charge in [0, 0.05) is 41.4 Å². The summed E-state index contributed by atoms with van der Waals surface area (Å²) in [6.45, 7) is 0.455. The molecule has 0 atom stereocenters. The number of anilines is 1. The predicted octanol–water partition coefficient (Wildman–Crippen LogP) is 7.28. The summed E-state index contributed by atoms with van der Waals surface area (Å²) in [5.41, 5.74) is 5.47.